The number of nitrogens with zero attached hydrogens (tertiary/aromatic N) is 7. The first-order chi connectivity index (χ1) is 16.2. The van der Waals surface area contributed by atoms with E-state index in [0.29, 0.717) is 24.7 Å². The topological polar surface area (TPSA) is 105 Å². The minimum absolute atomic E-state index is 0.479. The number of morpholine rings is 1. The molecule has 0 atom stereocenters. The number of nitriles is 1. The van der Waals surface area contributed by atoms with Crippen LogP contribution in [0.2, 0.25) is 0 Å². The average molecular weight is 438 g/mol. The number of benzene rings is 2. The lowest BCUT2D eigenvalue weighted by molar-refractivity contribution is 0.122. The average Bonchev–Trinajstić information content (AvgIpc) is 3.31. The molecule has 3 heterocycles. The molecule has 0 amide bonds. The van der Waals surface area contributed by atoms with Crippen LogP contribution in [-0.4, -0.2) is 51.0 Å². The molecule has 9 nitrogen and oxygen atoms in total. The van der Waals surface area contributed by atoms with E-state index in [-0.39, 0.29) is 0 Å². The van der Waals surface area contributed by atoms with Gasteiger partial charge in [0.05, 0.1) is 35.8 Å². The van der Waals surface area contributed by atoms with Gasteiger partial charge in [0, 0.05) is 30.5 Å². The van der Waals surface area contributed by atoms with E-state index in [9.17, 15) is 5.26 Å². The van der Waals surface area contributed by atoms with Crippen LogP contribution in [0, 0.1) is 18.3 Å². The molecular weight excluding hydrogens is 416 g/mol. The van der Waals surface area contributed by atoms with E-state index < -0.39 is 0 Å². The lowest BCUT2D eigenvalue weighted by atomic mass is 10.1. The molecule has 4 aromatic rings. The Kier molecular flexibility index (Phi) is 5.66. The third-order valence-electron chi connectivity index (χ3n) is 5.41. The monoisotopic (exact) mass is 438 g/mol. The van der Waals surface area contributed by atoms with Crippen molar-refractivity contribution in [2.45, 2.75) is 6.92 Å². The summed E-state index contributed by atoms with van der Waals surface area (Å²) in [5, 5.41) is 17.3. The quantitative estimate of drug-likeness (QED) is 0.505. The third kappa shape index (κ3) is 4.51. The molecule has 5 rings (SSSR count). The number of rotatable bonds is 5. The molecule has 0 unspecified atom stereocenters. The largest absolute Gasteiger partial charge is 0.378 e. The van der Waals surface area contributed by atoms with Crippen molar-refractivity contribution in [2.75, 3.05) is 36.5 Å². The van der Waals surface area contributed by atoms with Crippen LogP contribution in [0.4, 0.5) is 17.3 Å². The van der Waals surface area contributed by atoms with Gasteiger partial charge in [0.15, 0.2) is 0 Å². The molecule has 1 N–H and O–H groups in total. The minimum atomic E-state index is 0.479. The van der Waals surface area contributed by atoms with Gasteiger partial charge in [-0.3, -0.25) is 0 Å². The normalized spacial score (nSPS) is 13.5. The third-order valence-corrected chi connectivity index (χ3v) is 5.41. The van der Waals surface area contributed by atoms with Gasteiger partial charge in [-0.05, 0) is 49.4 Å². The number of ether oxygens (including phenoxy) is 1. The maximum Gasteiger partial charge on any atom is 0.227 e. The Morgan fingerprint density at radius 2 is 1.85 bits per heavy atom. The van der Waals surface area contributed by atoms with Gasteiger partial charge in [-0.25, -0.2) is 19.6 Å². The second-order valence-corrected chi connectivity index (χ2v) is 7.62. The SMILES string of the molecule is Cc1ncn(-c2ccc(Nc3nccc(-c4ccc(N5CCOCC5)c(C#N)c4)n3)cc2)n1. The molecule has 9 heteroatoms. The Bertz CT molecular complexity index is 1300. The zero-order valence-corrected chi connectivity index (χ0v) is 18.1. The van der Waals surface area contributed by atoms with Gasteiger partial charge in [0.1, 0.15) is 18.2 Å². The van der Waals surface area contributed by atoms with E-state index in [1.165, 1.54) is 0 Å². The lowest BCUT2D eigenvalue weighted by Gasteiger charge is -2.29. The molecule has 1 aliphatic rings. The molecule has 0 spiro atoms. The number of aromatic nitrogens is 5. The van der Waals surface area contributed by atoms with Gasteiger partial charge < -0.3 is 15.0 Å². The van der Waals surface area contributed by atoms with Crippen molar-refractivity contribution in [3.8, 4) is 23.0 Å². The predicted molar refractivity (Wildman–Crippen MR) is 125 cm³/mol. The summed E-state index contributed by atoms with van der Waals surface area (Å²) < 4.78 is 7.15. The van der Waals surface area contributed by atoms with Crippen molar-refractivity contribution in [1.82, 2.24) is 24.7 Å². The van der Waals surface area contributed by atoms with Crippen LogP contribution in [0.1, 0.15) is 11.4 Å². The van der Waals surface area contributed by atoms with Crippen molar-refractivity contribution in [3.05, 3.63) is 72.4 Å². The summed E-state index contributed by atoms with van der Waals surface area (Å²) in [7, 11) is 0. The first-order valence-corrected chi connectivity index (χ1v) is 10.7. The molecule has 0 saturated carbocycles. The standard InChI is InChI=1S/C24H22N8O/c1-17-27-16-32(30-17)21-5-3-20(4-6-21)28-24-26-9-8-22(29-24)18-2-7-23(19(14-18)15-25)31-10-12-33-13-11-31/h2-9,14,16H,10-13H2,1H3,(H,26,28,29). The molecule has 0 radical (unpaired) electrons. The van der Waals surface area contributed by atoms with Crippen molar-refractivity contribution >= 4 is 17.3 Å². The fraction of sp³-hybridized carbons (Fsp3) is 0.208. The molecular formula is C24H22N8O. The second kappa shape index (κ2) is 9.06. The van der Waals surface area contributed by atoms with Gasteiger partial charge in [0.2, 0.25) is 5.95 Å². The van der Waals surface area contributed by atoms with Crippen molar-refractivity contribution in [2.24, 2.45) is 0 Å². The van der Waals surface area contributed by atoms with Crippen LogP contribution >= 0.6 is 0 Å². The first kappa shape index (κ1) is 20.6. The Balaban J connectivity index is 1.35. The Morgan fingerprint density at radius 1 is 1.03 bits per heavy atom. The lowest BCUT2D eigenvalue weighted by Crippen LogP contribution is -2.36. The summed E-state index contributed by atoms with van der Waals surface area (Å²) in [5.74, 6) is 1.20. The van der Waals surface area contributed by atoms with Gasteiger partial charge in [-0.15, -0.1) is 0 Å². The molecule has 1 aliphatic heterocycles. The smallest absolute Gasteiger partial charge is 0.227 e. The van der Waals surface area contributed by atoms with E-state index in [1.54, 1.807) is 17.2 Å². The van der Waals surface area contributed by atoms with Crippen LogP contribution in [-0.2, 0) is 4.74 Å². The van der Waals surface area contributed by atoms with Crippen molar-refractivity contribution < 1.29 is 4.74 Å². The first-order valence-electron chi connectivity index (χ1n) is 10.7. The van der Waals surface area contributed by atoms with Gasteiger partial charge in [-0.1, -0.05) is 6.07 Å². The van der Waals surface area contributed by atoms with Crippen molar-refractivity contribution in [1.29, 1.82) is 5.26 Å². The van der Waals surface area contributed by atoms with Crippen LogP contribution < -0.4 is 10.2 Å². The zero-order chi connectivity index (χ0) is 22.6. The van der Waals surface area contributed by atoms with E-state index >= 15 is 0 Å². The maximum absolute atomic E-state index is 9.71. The van der Waals surface area contributed by atoms with Gasteiger partial charge in [0.25, 0.3) is 0 Å². The maximum atomic E-state index is 9.71. The van der Waals surface area contributed by atoms with E-state index in [0.717, 1.165) is 47.2 Å². The molecule has 1 fully saturated rings. The number of aryl methyl sites for hydroxylation is 1. The highest BCUT2D eigenvalue weighted by Crippen LogP contribution is 2.27. The number of nitrogens with one attached hydrogen (secondary N) is 1. The van der Waals surface area contributed by atoms with Crippen LogP contribution in [0.25, 0.3) is 16.9 Å². The number of hydrogen-bond donors (Lipinski definition) is 1. The van der Waals surface area contributed by atoms with Crippen LogP contribution in [0.5, 0.6) is 0 Å². The van der Waals surface area contributed by atoms with E-state index in [1.807, 2.05) is 55.5 Å². The number of anilines is 3. The van der Waals surface area contributed by atoms with Crippen LogP contribution in [0.15, 0.2) is 61.1 Å². The highest BCUT2D eigenvalue weighted by molar-refractivity contribution is 5.70. The molecule has 164 valence electrons. The summed E-state index contributed by atoms with van der Waals surface area (Å²) in [6.07, 6.45) is 3.39. The zero-order valence-electron chi connectivity index (χ0n) is 18.1. The fourth-order valence-corrected chi connectivity index (χ4v) is 3.74. The van der Waals surface area contributed by atoms with E-state index in [4.69, 9.17) is 4.74 Å². The molecule has 33 heavy (non-hydrogen) atoms. The summed E-state index contributed by atoms with van der Waals surface area (Å²) in [6, 6.07) is 17.8. The molecule has 1 saturated heterocycles. The highest BCUT2D eigenvalue weighted by Gasteiger charge is 2.16. The Hall–Kier alpha value is -4.29. The molecule has 2 aromatic heterocycles. The Labute approximate surface area is 191 Å². The summed E-state index contributed by atoms with van der Waals surface area (Å²) in [4.78, 5) is 15.3. The summed E-state index contributed by atoms with van der Waals surface area (Å²) in [6.45, 7) is 4.77. The molecule has 0 bridgehead atoms. The second-order valence-electron chi connectivity index (χ2n) is 7.62. The molecule has 2 aromatic carbocycles. The highest BCUT2D eigenvalue weighted by atomic mass is 16.5. The van der Waals surface area contributed by atoms with E-state index in [2.05, 4.69) is 36.3 Å². The summed E-state index contributed by atoms with van der Waals surface area (Å²) in [5.41, 5.74) is 4.94. The number of hydrogen-bond acceptors (Lipinski definition) is 8. The molecule has 0 aliphatic carbocycles. The Morgan fingerprint density at radius 3 is 2.58 bits per heavy atom. The van der Waals surface area contributed by atoms with Gasteiger partial charge >= 0.3 is 0 Å². The fourth-order valence-electron chi connectivity index (χ4n) is 3.74. The van der Waals surface area contributed by atoms with Crippen LogP contribution in [0.3, 0.4) is 0 Å². The van der Waals surface area contributed by atoms with Gasteiger partial charge in [-0.2, -0.15) is 10.4 Å². The predicted octanol–water partition coefficient (Wildman–Crippen LogP) is 3.48. The van der Waals surface area contributed by atoms with Crippen molar-refractivity contribution in [3.63, 3.8) is 0 Å². The minimum Gasteiger partial charge on any atom is -0.378 e. The summed E-state index contributed by atoms with van der Waals surface area (Å²) >= 11 is 0.